The highest BCUT2D eigenvalue weighted by Gasteiger charge is 2.35. The van der Waals surface area contributed by atoms with E-state index in [9.17, 15) is 8.42 Å². The zero-order valence-corrected chi connectivity index (χ0v) is 13.4. The zero-order chi connectivity index (χ0) is 15.6. The second-order valence-corrected chi connectivity index (χ2v) is 7.72. The van der Waals surface area contributed by atoms with Crippen molar-refractivity contribution in [1.82, 2.24) is 14.5 Å². The van der Waals surface area contributed by atoms with Gasteiger partial charge in [-0.15, -0.1) is 10.2 Å². The monoisotopic (exact) mass is 341 g/mol. The Morgan fingerprint density at radius 3 is 2.73 bits per heavy atom. The molecule has 1 saturated heterocycles. The lowest BCUT2D eigenvalue weighted by molar-refractivity contribution is 0.220. The molecule has 1 unspecified atom stereocenters. The van der Waals surface area contributed by atoms with Crippen molar-refractivity contribution in [3.8, 4) is 0 Å². The van der Waals surface area contributed by atoms with Crippen molar-refractivity contribution in [2.45, 2.75) is 31.7 Å². The zero-order valence-electron chi connectivity index (χ0n) is 11.9. The molecule has 0 bridgehead atoms. The molecule has 1 aromatic heterocycles. The summed E-state index contributed by atoms with van der Waals surface area (Å²) >= 11 is 0. The van der Waals surface area contributed by atoms with Crippen LogP contribution < -0.4 is 0 Å². The Kier molecular flexibility index (Phi) is 4.46. The van der Waals surface area contributed by atoms with E-state index in [-0.39, 0.29) is 0 Å². The van der Waals surface area contributed by atoms with E-state index in [1.54, 1.807) is 0 Å². The van der Waals surface area contributed by atoms with Crippen molar-refractivity contribution < 1.29 is 12.8 Å². The lowest BCUT2D eigenvalue weighted by atomic mass is 10.1. The fourth-order valence-electron chi connectivity index (χ4n) is 2.66. The van der Waals surface area contributed by atoms with Crippen molar-refractivity contribution in [2.75, 3.05) is 6.54 Å². The van der Waals surface area contributed by atoms with Gasteiger partial charge in [-0.3, -0.25) is 0 Å². The molecule has 8 heteroatoms. The molecule has 1 aromatic carbocycles. The van der Waals surface area contributed by atoms with E-state index >= 15 is 0 Å². The minimum atomic E-state index is -3.80. The molecule has 1 atom stereocenters. The summed E-state index contributed by atoms with van der Waals surface area (Å²) in [6.07, 6.45) is 2.85. The molecule has 0 radical (unpaired) electrons. The van der Waals surface area contributed by atoms with Gasteiger partial charge in [-0.05, 0) is 18.4 Å². The van der Waals surface area contributed by atoms with Crippen LogP contribution in [0.5, 0.6) is 0 Å². The third-order valence-electron chi connectivity index (χ3n) is 3.70. The van der Waals surface area contributed by atoms with Crippen LogP contribution in [0.25, 0.3) is 0 Å². The lowest BCUT2D eigenvalue weighted by Gasteiger charge is -2.29. The highest BCUT2D eigenvalue weighted by atomic mass is 35.7. The van der Waals surface area contributed by atoms with Crippen LogP contribution in [0.4, 0.5) is 0 Å². The molecule has 1 fully saturated rings. The average molecular weight is 342 g/mol. The van der Waals surface area contributed by atoms with Crippen molar-refractivity contribution in [3.63, 3.8) is 0 Å². The number of benzene rings is 1. The van der Waals surface area contributed by atoms with E-state index in [4.69, 9.17) is 15.1 Å². The van der Waals surface area contributed by atoms with E-state index in [1.165, 1.54) is 4.31 Å². The molecule has 1 aliphatic rings. The summed E-state index contributed by atoms with van der Waals surface area (Å²) in [6.45, 7) is 0.382. The third-order valence-corrected chi connectivity index (χ3v) is 5.23. The summed E-state index contributed by atoms with van der Waals surface area (Å²) < 4.78 is 30.2. The van der Waals surface area contributed by atoms with Gasteiger partial charge >= 0.3 is 9.24 Å². The Labute approximate surface area is 133 Å². The van der Waals surface area contributed by atoms with Crippen LogP contribution in [-0.2, 0) is 15.7 Å². The summed E-state index contributed by atoms with van der Waals surface area (Å²) in [5.74, 6) is 0.786. The topological polar surface area (TPSA) is 76.3 Å². The van der Waals surface area contributed by atoms with E-state index in [0.29, 0.717) is 31.2 Å². The Hall–Kier alpha value is -1.44. The van der Waals surface area contributed by atoms with Gasteiger partial charge in [0.2, 0.25) is 11.8 Å². The van der Waals surface area contributed by atoms with Crippen LogP contribution in [0.3, 0.4) is 0 Å². The summed E-state index contributed by atoms with van der Waals surface area (Å²) in [7, 11) is 1.71. The van der Waals surface area contributed by atoms with Gasteiger partial charge < -0.3 is 4.42 Å². The molecule has 0 saturated carbocycles. The predicted molar refractivity (Wildman–Crippen MR) is 81.6 cm³/mol. The van der Waals surface area contributed by atoms with Crippen molar-refractivity contribution in [1.29, 1.82) is 0 Å². The number of nitrogens with zero attached hydrogens (tertiary/aromatic N) is 3. The first-order valence-electron chi connectivity index (χ1n) is 7.11. The smallest absolute Gasteiger partial charge is 0.300 e. The third kappa shape index (κ3) is 3.48. The van der Waals surface area contributed by atoms with E-state index < -0.39 is 15.3 Å². The summed E-state index contributed by atoms with van der Waals surface area (Å²) in [4.78, 5) is 0. The van der Waals surface area contributed by atoms with Gasteiger partial charge in [0.05, 0.1) is 6.42 Å². The highest BCUT2D eigenvalue weighted by Crippen LogP contribution is 2.33. The number of halogens is 1. The fourth-order valence-corrected chi connectivity index (χ4v) is 4.00. The number of aromatic nitrogens is 2. The molecule has 0 amide bonds. The molecule has 22 heavy (non-hydrogen) atoms. The van der Waals surface area contributed by atoms with Gasteiger partial charge in [0.25, 0.3) is 0 Å². The molecular weight excluding hydrogens is 326 g/mol. The molecular formula is C14H16ClN3O3S. The van der Waals surface area contributed by atoms with E-state index in [2.05, 4.69) is 10.2 Å². The molecule has 1 aliphatic heterocycles. The molecule has 2 heterocycles. The van der Waals surface area contributed by atoms with Gasteiger partial charge in [0.15, 0.2) is 0 Å². The number of piperidine rings is 1. The molecule has 118 valence electrons. The van der Waals surface area contributed by atoms with Gasteiger partial charge in [-0.25, -0.2) is 0 Å². The van der Waals surface area contributed by atoms with Gasteiger partial charge in [0.1, 0.15) is 6.04 Å². The number of hydrogen-bond acceptors (Lipinski definition) is 5. The molecule has 6 nitrogen and oxygen atoms in total. The Bertz CT molecular complexity index is 733. The summed E-state index contributed by atoms with van der Waals surface area (Å²) in [5, 5.41) is 8.04. The predicted octanol–water partition coefficient (Wildman–Crippen LogP) is 2.67. The quantitative estimate of drug-likeness (QED) is 0.799. The molecule has 0 N–H and O–H groups in total. The van der Waals surface area contributed by atoms with Crippen LogP contribution >= 0.6 is 10.7 Å². The Morgan fingerprint density at radius 2 is 2.00 bits per heavy atom. The van der Waals surface area contributed by atoms with E-state index in [0.717, 1.165) is 18.4 Å². The van der Waals surface area contributed by atoms with Crippen molar-refractivity contribution in [3.05, 3.63) is 47.7 Å². The Morgan fingerprint density at radius 1 is 1.23 bits per heavy atom. The maximum Gasteiger partial charge on any atom is 0.300 e. The van der Waals surface area contributed by atoms with Crippen LogP contribution in [-0.4, -0.2) is 29.5 Å². The average Bonchev–Trinajstić information content (AvgIpc) is 2.96. The number of rotatable bonds is 4. The number of hydrogen-bond donors (Lipinski definition) is 0. The second-order valence-electron chi connectivity index (χ2n) is 5.26. The van der Waals surface area contributed by atoms with Crippen LogP contribution in [0.15, 0.2) is 34.7 Å². The fraction of sp³-hybridized carbons (Fsp3) is 0.429. The van der Waals surface area contributed by atoms with E-state index in [1.807, 2.05) is 30.3 Å². The first kappa shape index (κ1) is 15.5. The standard InChI is InChI=1S/C14H16ClN3O3S/c15-22(19,20)18-9-5-4-8-12(18)14-17-16-13(21-14)10-11-6-2-1-3-7-11/h1-3,6-7,12H,4-5,8-10H2. The summed E-state index contributed by atoms with van der Waals surface area (Å²) in [6, 6.07) is 9.30. The largest absolute Gasteiger partial charge is 0.423 e. The van der Waals surface area contributed by atoms with Gasteiger partial charge in [0, 0.05) is 17.2 Å². The minimum Gasteiger partial charge on any atom is -0.423 e. The SMILES string of the molecule is O=S(=O)(Cl)N1CCCCC1c1nnc(Cc2ccccc2)o1. The maximum atomic E-state index is 11.7. The Balaban J connectivity index is 1.80. The van der Waals surface area contributed by atoms with Crippen molar-refractivity contribution in [2.24, 2.45) is 0 Å². The molecule has 3 rings (SSSR count). The normalized spacial score (nSPS) is 20.1. The first-order valence-corrected chi connectivity index (χ1v) is 9.38. The lowest BCUT2D eigenvalue weighted by Crippen LogP contribution is -2.35. The van der Waals surface area contributed by atoms with Crippen LogP contribution in [0.2, 0.25) is 0 Å². The minimum absolute atomic E-state index is 0.315. The molecule has 2 aromatic rings. The van der Waals surface area contributed by atoms with Gasteiger partial charge in [-0.1, -0.05) is 36.8 Å². The van der Waals surface area contributed by atoms with Gasteiger partial charge in [-0.2, -0.15) is 12.7 Å². The molecule has 0 aliphatic carbocycles. The maximum absolute atomic E-state index is 11.7. The van der Waals surface area contributed by atoms with Crippen LogP contribution in [0, 0.1) is 0 Å². The highest BCUT2D eigenvalue weighted by molar-refractivity contribution is 8.11. The van der Waals surface area contributed by atoms with Crippen molar-refractivity contribution >= 4 is 19.9 Å². The summed E-state index contributed by atoms with van der Waals surface area (Å²) in [5.41, 5.74) is 1.06. The molecule has 0 spiro atoms. The van der Waals surface area contributed by atoms with Crippen LogP contribution in [0.1, 0.15) is 42.6 Å². The first-order chi connectivity index (χ1) is 10.5. The second kappa shape index (κ2) is 6.36.